The highest BCUT2D eigenvalue weighted by Gasteiger charge is 2.51. The van der Waals surface area contributed by atoms with E-state index in [1.807, 2.05) is 18.2 Å². The van der Waals surface area contributed by atoms with Gasteiger partial charge in [-0.25, -0.2) is 0 Å². The van der Waals surface area contributed by atoms with Crippen molar-refractivity contribution < 1.29 is 9.31 Å². The zero-order valence-electron chi connectivity index (χ0n) is 12.4. The van der Waals surface area contributed by atoms with E-state index in [0.717, 1.165) is 16.5 Å². The van der Waals surface area contributed by atoms with Crippen molar-refractivity contribution in [1.82, 2.24) is 0 Å². The van der Waals surface area contributed by atoms with Crippen LogP contribution in [0.4, 0.5) is 5.69 Å². The molecule has 1 saturated heterocycles. The van der Waals surface area contributed by atoms with Gasteiger partial charge in [-0.1, -0.05) is 24.3 Å². The average Bonchev–Trinajstić information content (AvgIpc) is 2.57. The Hall–Kier alpha value is -1.52. The number of hydrogen-bond donors (Lipinski definition) is 1. The van der Waals surface area contributed by atoms with Crippen molar-refractivity contribution in [3.63, 3.8) is 0 Å². The molecule has 3 rings (SSSR count). The van der Waals surface area contributed by atoms with Crippen LogP contribution in [0.1, 0.15) is 27.7 Å². The highest BCUT2D eigenvalue weighted by molar-refractivity contribution is 6.62. The lowest BCUT2D eigenvalue weighted by atomic mass is 9.78. The molecule has 1 heterocycles. The molecule has 1 aliphatic heterocycles. The van der Waals surface area contributed by atoms with E-state index in [0.29, 0.717) is 0 Å². The second-order valence-electron chi connectivity index (χ2n) is 6.45. The fourth-order valence-electron chi connectivity index (χ4n) is 2.41. The van der Waals surface area contributed by atoms with Gasteiger partial charge in [-0.2, -0.15) is 0 Å². The predicted octanol–water partition coefficient (Wildman–Crippen LogP) is 2.72. The molecule has 0 aliphatic carbocycles. The number of hydrogen-bond acceptors (Lipinski definition) is 3. The molecule has 2 N–H and O–H groups in total. The molecule has 104 valence electrons. The Morgan fingerprint density at radius 3 is 2.10 bits per heavy atom. The van der Waals surface area contributed by atoms with Gasteiger partial charge in [-0.05, 0) is 56.1 Å². The van der Waals surface area contributed by atoms with Crippen molar-refractivity contribution in [3.8, 4) is 0 Å². The lowest BCUT2D eigenvalue weighted by Crippen LogP contribution is -2.41. The summed E-state index contributed by atoms with van der Waals surface area (Å²) in [5.41, 5.74) is 7.01. The van der Waals surface area contributed by atoms with Gasteiger partial charge in [-0.3, -0.25) is 0 Å². The van der Waals surface area contributed by atoms with E-state index in [-0.39, 0.29) is 18.3 Å². The summed E-state index contributed by atoms with van der Waals surface area (Å²) in [6, 6.07) is 12.1. The molecule has 0 atom stereocenters. The van der Waals surface area contributed by atoms with Crippen LogP contribution in [0.15, 0.2) is 36.4 Å². The number of nitrogens with two attached hydrogens (primary N) is 1. The Labute approximate surface area is 120 Å². The molecular formula is C16H20BNO2. The highest BCUT2D eigenvalue weighted by Crippen LogP contribution is 2.36. The van der Waals surface area contributed by atoms with Crippen LogP contribution in [0.25, 0.3) is 10.8 Å². The SMILES string of the molecule is CC1(C)OB(c2ccc3ccc(N)cc3c2)OC1(C)C. The smallest absolute Gasteiger partial charge is 0.399 e. The van der Waals surface area contributed by atoms with Crippen molar-refractivity contribution in [2.24, 2.45) is 0 Å². The van der Waals surface area contributed by atoms with Crippen molar-refractivity contribution in [2.75, 3.05) is 5.73 Å². The first kappa shape index (κ1) is 13.5. The summed E-state index contributed by atoms with van der Waals surface area (Å²) in [5, 5.41) is 2.27. The predicted molar refractivity (Wildman–Crippen MR) is 84.1 cm³/mol. The largest absolute Gasteiger partial charge is 0.494 e. The van der Waals surface area contributed by atoms with Gasteiger partial charge in [-0.15, -0.1) is 0 Å². The molecule has 0 aromatic heterocycles. The monoisotopic (exact) mass is 269 g/mol. The number of fused-ring (bicyclic) bond motifs is 1. The first-order valence-electron chi connectivity index (χ1n) is 6.93. The molecule has 1 fully saturated rings. The third-order valence-corrected chi connectivity index (χ3v) is 4.41. The average molecular weight is 269 g/mol. The number of rotatable bonds is 1. The van der Waals surface area contributed by atoms with E-state index in [9.17, 15) is 0 Å². The molecule has 0 unspecified atom stereocenters. The van der Waals surface area contributed by atoms with Crippen LogP contribution < -0.4 is 11.2 Å². The van der Waals surface area contributed by atoms with E-state index in [2.05, 4.69) is 45.9 Å². The van der Waals surface area contributed by atoms with Gasteiger partial charge in [0.15, 0.2) is 0 Å². The Morgan fingerprint density at radius 2 is 1.45 bits per heavy atom. The maximum absolute atomic E-state index is 6.08. The fourth-order valence-corrected chi connectivity index (χ4v) is 2.41. The summed E-state index contributed by atoms with van der Waals surface area (Å²) in [7, 11) is -0.328. The quantitative estimate of drug-likeness (QED) is 0.639. The number of benzene rings is 2. The molecule has 2 aromatic rings. The first-order chi connectivity index (χ1) is 9.28. The summed E-state index contributed by atoms with van der Waals surface area (Å²) < 4.78 is 12.2. The zero-order chi connectivity index (χ0) is 14.5. The van der Waals surface area contributed by atoms with Crippen molar-refractivity contribution >= 4 is 29.0 Å². The topological polar surface area (TPSA) is 44.5 Å². The Kier molecular flexibility index (Phi) is 2.85. The fraction of sp³-hybridized carbons (Fsp3) is 0.375. The molecule has 3 nitrogen and oxygen atoms in total. The van der Waals surface area contributed by atoms with Crippen LogP contribution in [0.5, 0.6) is 0 Å². The lowest BCUT2D eigenvalue weighted by Gasteiger charge is -2.32. The third-order valence-electron chi connectivity index (χ3n) is 4.41. The Morgan fingerprint density at radius 1 is 0.850 bits per heavy atom. The maximum Gasteiger partial charge on any atom is 0.494 e. The van der Waals surface area contributed by atoms with Gasteiger partial charge in [0.05, 0.1) is 11.2 Å². The summed E-state index contributed by atoms with van der Waals surface area (Å²) >= 11 is 0. The molecule has 0 radical (unpaired) electrons. The van der Waals surface area contributed by atoms with E-state index in [4.69, 9.17) is 15.0 Å². The molecular weight excluding hydrogens is 249 g/mol. The summed E-state index contributed by atoms with van der Waals surface area (Å²) in [6.07, 6.45) is 0. The third kappa shape index (κ3) is 2.09. The number of nitrogen functional groups attached to an aromatic ring is 1. The van der Waals surface area contributed by atoms with Gasteiger partial charge in [0.1, 0.15) is 0 Å². The highest BCUT2D eigenvalue weighted by atomic mass is 16.7. The van der Waals surface area contributed by atoms with Crippen LogP contribution >= 0.6 is 0 Å². The molecule has 2 aromatic carbocycles. The van der Waals surface area contributed by atoms with Crippen LogP contribution in [0.2, 0.25) is 0 Å². The molecule has 0 bridgehead atoms. The van der Waals surface area contributed by atoms with E-state index in [1.54, 1.807) is 0 Å². The van der Waals surface area contributed by atoms with Gasteiger partial charge >= 0.3 is 7.12 Å². The van der Waals surface area contributed by atoms with Gasteiger partial charge in [0.2, 0.25) is 0 Å². The van der Waals surface area contributed by atoms with Crippen molar-refractivity contribution in [2.45, 2.75) is 38.9 Å². The number of anilines is 1. The van der Waals surface area contributed by atoms with Crippen molar-refractivity contribution in [3.05, 3.63) is 36.4 Å². The lowest BCUT2D eigenvalue weighted by molar-refractivity contribution is 0.00578. The van der Waals surface area contributed by atoms with Crippen molar-refractivity contribution in [1.29, 1.82) is 0 Å². The minimum atomic E-state index is -0.328. The van der Waals surface area contributed by atoms with E-state index < -0.39 is 0 Å². The van der Waals surface area contributed by atoms with E-state index in [1.165, 1.54) is 5.39 Å². The van der Waals surface area contributed by atoms with Crippen LogP contribution in [-0.2, 0) is 9.31 Å². The van der Waals surface area contributed by atoms with Crippen LogP contribution in [0.3, 0.4) is 0 Å². The van der Waals surface area contributed by atoms with E-state index >= 15 is 0 Å². The molecule has 0 amide bonds. The Balaban J connectivity index is 2.00. The molecule has 1 aliphatic rings. The first-order valence-corrected chi connectivity index (χ1v) is 6.93. The van der Waals surface area contributed by atoms with Gasteiger partial charge in [0, 0.05) is 5.69 Å². The summed E-state index contributed by atoms with van der Waals surface area (Å²) in [6.45, 7) is 8.25. The summed E-state index contributed by atoms with van der Waals surface area (Å²) in [4.78, 5) is 0. The second kappa shape index (κ2) is 4.24. The van der Waals surface area contributed by atoms with Crippen LogP contribution in [-0.4, -0.2) is 18.3 Å². The van der Waals surface area contributed by atoms with Gasteiger partial charge < -0.3 is 15.0 Å². The van der Waals surface area contributed by atoms with Gasteiger partial charge in [0.25, 0.3) is 0 Å². The Bertz CT molecular complexity index is 651. The van der Waals surface area contributed by atoms with Crippen LogP contribution in [0, 0.1) is 0 Å². The normalized spacial score (nSPS) is 20.5. The minimum absolute atomic E-state index is 0.317. The summed E-state index contributed by atoms with van der Waals surface area (Å²) in [5.74, 6) is 0. The molecule has 4 heteroatoms. The maximum atomic E-state index is 6.08. The standard InChI is InChI=1S/C16H20BNO2/c1-15(2)16(3,4)20-17(19-15)13-7-5-11-6-8-14(18)10-12(11)9-13/h5-10H,18H2,1-4H3. The minimum Gasteiger partial charge on any atom is -0.399 e. The molecule has 0 spiro atoms. The second-order valence-corrected chi connectivity index (χ2v) is 6.45. The molecule has 0 saturated carbocycles. The zero-order valence-corrected chi connectivity index (χ0v) is 12.4. The molecule has 20 heavy (non-hydrogen) atoms.